The van der Waals surface area contributed by atoms with Gasteiger partial charge in [-0.1, -0.05) is 23.5 Å². The van der Waals surface area contributed by atoms with Crippen LogP contribution < -0.4 is 10.6 Å². The summed E-state index contributed by atoms with van der Waals surface area (Å²) < 4.78 is 1.09. The topological polar surface area (TPSA) is 54.0 Å². The van der Waals surface area contributed by atoms with Gasteiger partial charge in [-0.3, -0.25) is 5.32 Å². The van der Waals surface area contributed by atoms with Gasteiger partial charge >= 0.3 is 6.03 Å². The first kappa shape index (κ1) is 15.5. The Labute approximate surface area is 139 Å². The molecule has 2 amide bonds. The molecule has 0 saturated carbocycles. The van der Waals surface area contributed by atoms with Gasteiger partial charge in [-0.25, -0.2) is 9.78 Å². The van der Waals surface area contributed by atoms with E-state index in [1.165, 1.54) is 16.9 Å². The van der Waals surface area contributed by atoms with Gasteiger partial charge in [-0.05, 0) is 68.1 Å². The van der Waals surface area contributed by atoms with Crippen molar-refractivity contribution in [1.29, 1.82) is 0 Å². The first-order valence-electron chi connectivity index (χ1n) is 7.45. The van der Waals surface area contributed by atoms with Crippen LogP contribution in [0.5, 0.6) is 0 Å². The van der Waals surface area contributed by atoms with E-state index >= 15 is 0 Å². The Morgan fingerprint density at radius 2 is 1.57 bits per heavy atom. The highest BCUT2D eigenvalue weighted by Crippen LogP contribution is 2.29. The number of amides is 2. The Kier molecular flexibility index (Phi) is 4.05. The van der Waals surface area contributed by atoms with Crippen LogP contribution in [-0.4, -0.2) is 11.0 Å². The molecule has 0 bridgehead atoms. The van der Waals surface area contributed by atoms with Gasteiger partial charge in [-0.15, -0.1) is 0 Å². The number of carbonyl (C=O) groups is 1. The van der Waals surface area contributed by atoms with Crippen molar-refractivity contribution >= 4 is 38.4 Å². The molecule has 2 aromatic carbocycles. The van der Waals surface area contributed by atoms with Crippen molar-refractivity contribution in [2.75, 3.05) is 10.6 Å². The van der Waals surface area contributed by atoms with Crippen LogP contribution in [-0.2, 0) is 0 Å². The number of nitrogens with zero attached hydrogens (tertiary/aromatic N) is 1. The van der Waals surface area contributed by atoms with Gasteiger partial charge in [0.25, 0.3) is 0 Å². The zero-order valence-electron chi connectivity index (χ0n) is 13.7. The molecule has 0 spiro atoms. The molecule has 0 aliphatic heterocycles. The lowest BCUT2D eigenvalue weighted by atomic mass is 10.1. The predicted molar refractivity (Wildman–Crippen MR) is 97.7 cm³/mol. The van der Waals surface area contributed by atoms with Gasteiger partial charge in [-0.2, -0.15) is 0 Å². The number of benzene rings is 2. The van der Waals surface area contributed by atoms with Crippen LogP contribution in [0.25, 0.3) is 10.2 Å². The minimum absolute atomic E-state index is 0.275. The third-order valence-electron chi connectivity index (χ3n) is 3.53. The second kappa shape index (κ2) is 6.01. The minimum atomic E-state index is -0.275. The third kappa shape index (κ3) is 3.51. The zero-order chi connectivity index (χ0) is 16.6. The Balaban J connectivity index is 1.78. The second-order valence-electron chi connectivity index (χ2n) is 5.90. The summed E-state index contributed by atoms with van der Waals surface area (Å²) in [4.78, 5) is 16.7. The molecule has 5 heteroatoms. The summed E-state index contributed by atoms with van der Waals surface area (Å²) in [5.41, 5.74) is 6.29. The number of thiazole rings is 1. The highest BCUT2D eigenvalue weighted by atomic mass is 32.1. The smallest absolute Gasteiger partial charge is 0.308 e. The van der Waals surface area contributed by atoms with Crippen LogP contribution in [0.1, 0.15) is 22.3 Å². The quantitative estimate of drug-likeness (QED) is 0.682. The maximum atomic E-state index is 12.2. The van der Waals surface area contributed by atoms with E-state index in [0.29, 0.717) is 5.13 Å². The highest BCUT2D eigenvalue weighted by Gasteiger charge is 2.10. The molecule has 0 aliphatic carbocycles. The minimum Gasteiger partial charge on any atom is -0.308 e. The van der Waals surface area contributed by atoms with Crippen molar-refractivity contribution < 1.29 is 4.79 Å². The summed E-state index contributed by atoms with van der Waals surface area (Å²) in [5, 5.41) is 6.29. The number of nitrogens with one attached hydrogen (secondary N) is 2. The molecular formula is C18H19N3OS. The van der Waals surface area contributed by atoms with Crippen molar-refractivity contribution in [3.63, 3.8) is 0 Å². The van der Waals surface area contributed by atoms with Crippen LogP contribution in [0.4, 0.5) is 15.6 Å². The number of rotatable bonds is 2. The molecule has 0 fully saturated rings. The van der Waals surface area contributed by atoms with E-state index in [2.05, 4.69) is 40.7 Å². The molecule has 3 aromatic rings. The van der Waals surface area contributed by atoms with Crippen molar-refractivity contribution in [3.05, 3.63) is 52.6 Å². The number of fused-ring (bicyclic) bond motifs is 1. The van der Waals surface area contributed by atoms with Crippen molar-refractivity contribution in [1.82, 2.24) is 4.98 Å². The first-order chi connectivity index (χ1) is 10.9. The van der Waals surface area contributed by atoms with Crippen LogP contribution in [0, 0.1) is 27.7 Å². The Morgan fingerprint density at radius 1 is 0.913 bits per heavy atom. The second-order valence-corrected chi connectivity index (χ2v) is 6.93. The molecule has 0 aliphatic rings. The Bertz CT molecular complexity index is 878. The summed E-state index contributed by atoms with van der Waals surface area (Å²) in [5.74, 6) is 0. The Hall–Kier alpha value is -2.40. The van der Waals surface area contributed by atoms with Gasteiger partial charge in [0.1, 0.15) is 0 Å². The van der Waals surface area contributed by atoms with Gasteiger partial charge < -0.3 is 5.32 Å². The third-order valence-corrected chi connectivity index (χ3v) is 4.45. The number of aryl methyl sites for hydroxylation is 4. The lowest BCUT2D eigenvalue weighted by Crippen LogP contribution is -2.19. The van der Waals surface area contributed by atoms with E-state index in [-0.39, 0.29) is 6.03 Å². The molecule has 0 saturated heterocycles. The number of anilines is 2. The zero-order valence-corrected chi connectivity index (χ0v) is 14.5. The fraction of sp³-hybridized carbons (Fsp3) is 0.222. The molecule has 23 heavy (non-hydrogen) atoms. The number of aromatic nitrogens is 1. The van der Waals surface area contributed by atoms with Crippen LogP contribution in [0.2, 0.25) is 0 Å². The SMILES string of the molecule is Cc1cc(C)cc(NC(=O)Nc2nc3c(C)cc(C)cc3s2)c1. The van der Waals surface area contributed by atoms with Crippen LogP contribution in [0.15, 0.2) is 30.3 Å². The van der Waals surface area contributed by atoms with E-state index in [0.717, 1.165) is 32.6 Å². The summed E-state index contributed by atoms with van der Waals surface area (Å²) in [6, 6.07) is 9.87. The number of hydrogen-bond acceptors (Lipinski definition) is 3. The monoisotopic (exact) mass is 325 g/mol. The number of urea groups is 1. The summed E-state index contributed by atoms with van der Waals surface area (Å²) in [6.07, 6.45) is 0. The summed E-state index contributed by atoms with van der Waals surface area (Å²) in [7, 11) is 0. The van der Waals surface area contributed by atoms with Gasteiger partial charge in [0.2, 0.25) is 0 Å². The molecule has 0 radical (unpaired) electrons. The van der Waals surface area contributed by atoms with Crippen LogP contribution in [0.3, 0.4) is 0 Å². The fourth-order valence-corrected chi connectivity index (χ4v) is 3.77. The van der Waals surface area contributed by atoms with Gasteiger partial charge in [0.05, 0.1) is 10.2 Å². The maximum absolute atomic E-state index is 12.2. The lowest BCUT2D eigenvalue weighted by Gasteiger charge is -2.07. The van der Waals surface area contributed by atoms with Gasteiger partial charge in [0.15, 0.2) is 5.13 Å². The fourth-order valence-electron chi connectivity index (χ4n) is 2.73. The molecule has 118 valence electrons. The summed E-state index contributed by atoms with van der Waals surface area (Å²) >= 11 is 1.49. The molecule has 0 unspecified atom stereocenters. The lowest BCUT2D eigenvalue weighted by molar-refractivity contribution is 0.262. The number of carbonyl (C=O) groups excluding carboxylic acids is 1. The molecule has 3 rings (SSSR count). The largest absolute Gasteiger partial charge is 0.325 e. The van der Waals surface area contributed by atoms with Crippen molar-refractivity contribution in [2.24, 2.45) is 0 Å². The number of hydrogen-bond donors (Lipinski definition) is 2. The van der Waals surface area contributed by atoms with Gasteiger partial charge in [0, 0.05) is 5.69 Å². The van der Waals surface area contributed by atoms with Crippen molar-refractivity contribution in [2.45, 2.75) is 27.7 Å². The van der Waals surface area contributed by atoms with E-state index in [9.17, 15) is 4.79 Å². The predicted octanol–water partition coefficient (Wildman–Crippen LogP) is 5.17. The van der Waals surface area contributed by atoms with Crippen LogP contribution >= 0.6 is 11.3 Å². The van der Waals surface area contributed by atoms with E-state index in [1.54, 1.807) is 0 Å². The molecule has 2 N–H and O–H groups in total. The van der Waals surface area contributed by atoms with E-state index < -0.39 is 0 Å². The summed E-state index contributed by atoms with van der Waals surface area (Å²) in [6.45, 7) is 8.12. The molecule has 1 aromatic heterocycles. The van der Waals surface area contributed by atoms with Crippen molar-refractivity contribution in [3.8, 4) is 0 Å². The Morgan fingerprint density at radius 3 is 2.26 bits per heavy atom. The molecule has 0 atom stereocenters. The maximum Gasteiger partial charge on any atom is 0.325 e. The average Bonchev–Trinajstić information content (AvgIpc) is 2.79. The highest BCUT2D eigenvalue weighted by molar-refractivity contribution is 7.22. The van der Waals surface area contributed by atoms with E-state index in [4.69, 9.17) is 0 Å². The first-order valence-corrected chi connectivity index (χ1v) is 8.26. The molecule has 4 nitrogen and oxygen atoms in total. The van der Waals surface area contributed by atoms with E-state index in [1.807, 2.05) is 32.9 Å². The average molecular weight is 325 g/mol. The standard InChI is InChI=1S/C18H19N3OS/c1-10-5-11(2)8-14(7-10)19-17(22)21-18-20-16-13(4)6-12(3)9-15(16)23-18/h5-9H,1-4H3,(H2,19,20,21,22). The molecular weight excluding hydrogens is 306 g/mol. The molecule has 1 heterocycles. The normalized spacial score (nSPS) is 10.8.